The van der Waals surface area contributed by atoms with Crippen LogP contribution in [0.3, 0.4) is 0 Å². The Hall–Kier alpha value is -1.35. The number of carbonyl (C=O) groups excluding carboxylic acids is 1. The molecule has 0 saturated heterocycles. The molecule has 17 heavy (non-hydrogen) atoms. The molecule has 0 aromatic heterocycles. The molecule has 2 N–H and O–H groups in total. The lowest BCUT2D eigenvalue weighted by Gasteiger charge is -2.17. The molecule has 0 bridgehead atoms. The summed E-state index contributed by atoms with van der Waals surface area (Å²) in [4.78, 5) is 13.6. The molecule has 0 aliphatic rings. The van der Waals surface area contributed by atoms with E-state index in [0.717, 1.165) is 24.9 Å². The second-order valence-corrected chi connectivity index (χ2v) is 4.39. The SMILES string of the molecule is Cc1ccc(N(C)C(=O)CCCCCN)cc1. The Morgan fingerprint density at radius 1 is 1.18 bits per heavy atom. The van der Waals surface area contributed by atoms with E-state index < -0.39 is 0 Å². The van der Waals surface area contributed by atoms with E-state index in [-0.39, 0.29) is 5.91 Å². The minimum Gasteiger partial charge on any atom is -0.330 e. The summed E-state index contributed by atoms with van der Waals surface area (Å²) >= 11 is 0. The van der Waals surface area contributed by atoms with Gasteiger partial charge in [0.15, 0.2) is 0 Å². The molecule has 1 aromatic rings. The van der Waals surface area contributed by atoms with Crippen molar-refractivity contribution in [3.63, 3.8) is 0 Å². The standard InChI is InChI=1S/C14H22N2O/c1-12-7-9-13(10-8-12)16(2)14(17)6-4-3-5-11-15/h7-10H,3-6,11,15H2,1-2H3. The molecule has 0 heterocycles. The van der Waals surface area contributed by atoms with E-state index >= 15 is 0 Å². The molecule has 0 atom stereocenters. The fraction of sp³-hybridized carbons (Fsp3) is 0.500. The third kappa shape index (κ3) is 4.57. The van der Waals surface area contributed by atoms with Crippen molar-refractivity contribution in [1.29, 1.82) is 0 Å². The first-order valence-electron chi connectivity index (χ1n) is 6.18. The Labute approximate surface area is 104 Å². The van der Waals surface area contributed by atoms with E-state index in [1.165, 1.54) is 5.56 Å². The summed E-state index contributed by atoms with van der Waals surface area (Å²) in [6, 6.07) is 8.00. The first kappa shape index (κ1) is 13.7. The van der Waals surface area contributed by atoms with Gasteiger partial charge in [0.2, 0.25) is 5.91 Å². The average molecular weight is 234 g/mol. The van der Waals surface area contributed by atoms with Crippen molar-refractivity contribution in [3.8, 4) is 0 Å². The maximum atomic E-state index is 11.9. The lowest BCUT2D eigenvalue weighted by atomic mass is 10.1. The predicted molar refractivity (Wildman–Crippen MR) is 72.1 cm³/mol. The van der Waals surface area contributed by atoms with Gasteiger partial charge in [0.05, 0.1) is 0 Å². The fourth-order valence-corrected chi connectivity index (χ4v) is 1.68. The van der Waals surface area contributed by atoms with Gasteiger partial charge in [0, 0.05) is 19.2 Å². The van der Waals surface area contributed by atoms with Gasteiger partial charge in [-0.25, -0.2) is 0 Å². The van der Waals surface area contributed by atoms with Crippen LogP contribution in [0.2, 0.25) is 0 Å². The van der Waals surface area contributed by atoms with Gasteiger partial charge in [-0.2, -0.15) is 0 Å². The molecule has 0 spiro atoms. The number of hydrogen-bond donors (Lipinski definition) is 1. The van der Waals surface area contributed by atoms with Gasteiger partial charge in [-0.15, -0.1) is 0 Å². The summed E-state index contributed by atoms with van der Waals surface area (Å²) in [5.41, 5.74) is 7.58. The third-order valence-electron chi connectivity index (χ3n) is 2.89. The van der Waals surface area contributed by atoms with Crippen molar-refractivity contribution in [1.82, 2.24) is 0 Å². The van der Waals surface area contributed by atoms with Gasteiger partial charge in [-0.1, -0.05) is 24.1 Å². The minimum absolute atomic E-state index is 0.172. The van der Waals surface area contributed by atoms with E-state index in [1.54, 1.807) is 4.90 Å². The number of unbranched alkanes of at least 4 members (excludes halogenated alkanes) is 2. The van der Waals surface area contributed by atoms with Crippen molar-refractivity contribution in [3.05, 3.63) is 29.8 Å². The molecule has 1 rings (SSSR count). The summed E-state index contributed by atoms with van der Waals surface area (Å²) < 4.78 is 0. The highest BCUT2D eigenvalue weighted by atomic mass is 16.2. The van der Waals surface area contributed by atoms with E-state index in [4.69, 9.17) is 5.73 Å². The van der Waals surface area contributed by atoms with Crippen molar-refractivity contribution in [2.24, 2.45) is 5.73 Å². The van der Waals surface area contributed by atoms with Crippen LogP contribution in [0.15, 0.2) is 24.3 Å². The van der Waals surface area contributed by atoms with Gasteiger partial charge < -0.3 is 10.6 Å². The second-order valence-electron chi connectivity index (χ2n) is 4.39. The first-order valence-corrected chi connectivity index (χ1v) is 6.18. The number of benzene rings is 1. The summed E-state index contributed by atoms with van der Waals surface area (Å²) in [5, 5.41) is 0. The van der Waals surface area contributed by atoms with Crippen LogP contribution in [0, 0.1) is 6.92 Å². The van der Waals surface area contributed by atoms with Crippen LogP contribution in [0.4, 0.5) is 5.69 Å². The Balaban J connectivity index is 2.43. The number of amides is 1. The molecule has 0 aliphatic heterocycles. The molecule has 1 aromatic carbocycles. The van der Waals surface area contributed by atoms with Gasteiger partial charge in [-0.05, 0) is 38.4 Å². The topological polar surface area (TPSA) is 46.3 Å². The number of anilines is 1. The van der Waals surface area contributed by atoms with Gasteiger partial charge in [0.1, 0.15) is 0 Å². The lowest BCUT2D eigenvalue weighted by molar-refractivity contribution is -0.118. The van der Waals surface area contributed by atoms with Crippen LogP contribution in [0.1, 0.15) is 31.2 Å². The number of aryl methyl sites for hydroxylation is 1. The average Bonchev–Trinajstić information content (AvgIpc) is 2.34. The maximum Gasteiger partial charge on any atom is 0.226 e. The number of carbonyl (C=O) groups is 1. The predicted octanol–water partition coefficient (Wildman–Crippen LogP) is 2.48. The summed E-state index contributed by atoms with van der Waals surface area (Å²) in [7, 11) is 1.83. The number of hydrogen-bond acceptors (Lipinski definition) is 2. The third-order valence-corrected chi connectivity index (χ3v) is 2.89. The molecule has 0 aliphatic carbocycles. The second kappa shape index (κ2) is 7.07. The highest BCUT2D eigenvalue weighted by molar-refractivity contribution is 5.92. The van der Waals surface area contributed by atoms with Crippen LogP contribution >= 0.6 is 0 Å². The molecular weight excluding hydrogens is 212 g/mol. The molecule has 0 saturated carbocycles. The van der Waals surface area contributed by atoms with Crippen molar-refractivity contribution in [2.45, 2.75) is 32.6 Å². The monoisotopic (exact) mass is 234 g/mol. The highest BCUT2D eigenvalue weighted by Gasteiger charge is 2.09. The molecular formula is C14H22N2O. The maximum absolute atomic E-state index is 11.9. The Morgan fingerprint density at radius 3 is 2.41 bits per heavy atom. The molecule has 3 heteroatoms. The number of nitrogens with zero attached hydrogens (tertiary/aromatic N) is 1. The molecule has 1 amide bonds. The van der Waals surface area contributed by atoms with Crippen LogP contribution in [0.25, 0.3) is 0 Å². The zero-order valence-corrected chi connectivity index (χ0v) is 10.8. The summed E-state index contributed by atoms with van der Waals surface area (Å²) in [6.45, 7) is 2.75. The van der Waals surface area contributed by atoms with E-state index in [9.17, 15) is 4.79 Å². The Morgan fingerprint density at radius 2 is 1.82 bits per heavy atom. The quantitative estimate of drug-likeness (QED) is 0.769. The van der Waals surface area contributed by atoms with Crippen molar-refractivity contribution < 1.29 is 4.79 Å². The fourth-order valence-electron chi connectivity index (χ4n) is 1.68. The normalized spacial score (nSPS) is 10.3. The number of rotatable bonds is 6. The van der Waals surface area contributed by atoms with Crippen LogP contribution in [-0.4, -0.2) is 19.5 Å². The summed E-state index contributed by atoms with van der Waals surface area (Å²) in [6.07, 6.45) is 3.56. The van der Waals surface area contributed by atoms with E-state index in [2.05, 4.69) is 0 Å². The molecule has 0 radical (unpaired) electrons. The van der Waals surface area contributed by atoms with E-state index in [1.807, 2.05) is 38.2 Å². The van der Waals surface area contributed by atoms with Gasteiger partial charge in [-0.3, -0.25) is 4.79 Å². The molecule has 0 unspecified atom stereocenters. The van der Waals surface area contributed by atoms with Crippen LogP contribution in [-0.2, 0) is 4.79 Å². The van der Waals surface area contributed by atoms with Gasteiger partial charge in [0.25, 0.3) is 0 Å². The molecule has 94 valence electrons. The highest BCUT2D eigenvalue weighted by Crippen LogP contribution is 2.15. The summed E-state index contributed by atoms with van der Waals surface area (Å²) in [5.74, 6) is 0.172. The largest absolute Gasteiger partial charge is 0.330 e. The Bertz CT molecular complexity index is 346. The van der Waals surface area contributed by atoms with E-state index in [0.29, 0.717) is 13.0 Å². The zero-order valence-electron chi connectivity index (χ0n) is 10.8. The van der Waals surface area contributed by atoms with Crippen molar-refractivity contribution >= 4 is 11.6 Å². The Kier molecular flexibility index (Phi) is 5.70. The lowest BCUT2D eigenvalue weighted by Crippen LogP contribution is -2.25. The zero-order chi connectivity index (χ0) is 12.7. The first-order chi connectivity index (χ1) is 8.15. The van der Waals surface area contributed by atoms with Crippen LogP contribution in [0.5, 0.6) is 0 Å². The van der Waals surface area contributed by atoms with Gasteiger partial charge >= 0.3 is 0 Å². The molecule has 3 nitrogen and oxygen atoms in total. The smallest absolute Gasteiger partial charge is 0.226 e. The molecule has 0 fully saturated rings. The van der Waals surface area contributed by atoms with Crippen LogP contribution < -0.4 is 10.6 Å². The number of nitrogens with two attached hydrogens (primary N) is 1. The van der Waals surface area contributed by atoms with Crippen molar-refractivity contribution in [2.75, 3.05) is 18.5 Å². The minimum atomic E-state index is 0.172.